The van der Waals surface area contributed by atoms with E-state index in [2.05, 4.69) is 0 Å². The van der Waals surface area contributed by atoms with Crippen LogP contribution in [0.1, 0.15) is 11.1 Å². The summed E-state index contributed by atoms with van der Waals surface area (Å²) >= 11 is 6.12. The molecule has 0 saturated heterocycles. The molecule has 0 spiro atoms. The molecule has 19 heavy (non-hydrogen) atoms. The van der Waals surface area contributed by atoms with Gasteiger partial charge in [-0.1, -0.05) is 17.7 Å². The summed E-state index contributed by atoms with van der Waals surface area (Å²) in [5.41, 5.74) is 1.47. The zero-order chi connectivity index (χ0) is 13.6. The van der Waals surface area contributed by atoms with Gasteiger partial charge < -0.3 is 20.1 Å². The number of phenolic OH excluding ortho intramolecular Hbond substituents is 3. The molecule has 1 heterocycles. The second-order valence-electron chi connectivity index (χ2n) is 4.40. The second-order valence-corrected chi connectivity index (χ2v) is 4.81. The molecule has 2 aromatic carbocycles. The number of rotatable bonds is 0. The molecule has 0 bridgehead atoms. The Labute approximate surface area is 114 Å². The minimum absolute atomic E-state index is 0.163. The van der Waals surface area contributed by atoms with Gasteiger partial charge in [-0.15, -0.1) is 0 Å². The van der Waals surface area contributed by atoms with E-state index in [0.29, 0.717) is 29.2 Å². The number of ether oxygens (including phenoxy) is 1. The summed E-state index contributed by atoms with van der Waals surface area (Å²) in [7, 11) is 0. The fourth-order valence-corrected chi connectivity index (χ4v) is 2.49. The van der Waals surface area contributed by atoms with Crippen molar-refractivity contribution in [3.8, 4) is 28.7 Å². The zero-order valence-electron chi connectivity index (χ0n) is 9.85. The van der Waals surface area contributed by atoms with Gasteiger partial charge >= 0.3 is 0 Å². The minimum atomic E-state index is -0.579. The van der Waals surface area contributed by atoms with Gasteiger partial charge in [0.2, 0.25) is 11.5 Å². The van der Waals surface area contributed by atoms with Crippen LogP contribution in [0.2, 0.25) is 5.02 Å². The summed E-state index contributed by atoms with van der Waals surface area (Å²) in [6.45, 7) is 0. The Morgan fingerprint density at radius 3 is 2.63 bits per heavy atom. The second kappa shape index (κ2) is 4.24. The lowest BCUT2D eigenvalue weighted by Crippen LogP contribution is -1.90. The lowest BCUT2D eigenvalue weighted by Gasteiger charge is -2.12. The van der Waals surface area contributed by atoms with Gasteiger partial charge in [0.05, 0.1) is 0 Å². The molecule has 3 N–H and O–H groups in total. The van der Waals surface area contributed by atoms with Crippen LogP contribution < -0.4 is 4.74 Å². The molecular formula is C14H11ClO4. The molecule has 5 heteroatoms. The van der Waals surface area contributed by atoms with E-state index in [0.717, 1.165) is 5.56 Å². The smallest absolute Gasteiger partial charge is 0.205 e. The van der Waals surface area contributed by atoms with E-state index in [1.54, 1.807) is 18.2 Å². The summed E-state index contributed by atoms with van der Waals surface area (Å²) in [5, 5.41) is 29.6. The third-order valence-corrected chi connectivity index (χ3v) is 3.57. The molecule has 0 unspecified atom stereocenters. The van der Waals surface area contributed by atoms with Gasteiger partial charge in [-0.05, 0) is 31.0 Å². The molecule has 0 aromatic heterocycles. The molecule has 2 aromatic rings. The van der Waals surface area contributed by atoms with Gasteiger partial charge in [0, 0.05) is 16.1 Å². The molecular weight excluding hydrogens is 268 g/mol. The summed E-state index contributed by atoms with van der Waals surface area (Å²) in [6, 6.07) is 6.67. The Kier molecular flexibility index (Phi) is 2.68. The van der Waals surface area contributed by atoms with E-state index in [-0.39, 0.29) is 11.5 Å². The normalized spacial score (nSPS) is 13.1. The van der Waals surface area contributed by atoms with Crippen molar-refractivity contribution in [1.29, 1.82) is 0 Å². The van der Waals surface area contributed by atoms with Gasteiger partial charge in [-0.2, -0.15) is 0 Å². The van der Waals surface area contributed by atoms with Crippen LogP contribution in [0.5, 0.6) is 28.7 Å². The average molecular weight is 279 g/mol. The van der Waals surface area contributed by atoms with Crippen LogP contribution in [0.15, 0.2) is 24.3 Å². The van der Waals surface area contributed by atoms with E-state index < -0.39 is 11.5 Å². The van der Waals surface area contributed by atoms with Gasteiger partial charge in [0.1, 0.15) is 5.75 Å². The maximum atomic E-state index is 9.88. The topological polar surface area (TPSA) is 69.9 Å². The number of hydrogen-bond donors (Lipinski definition) is 3. The number of phenols is 3. The fraction of sp³-hybridized carbons (Fsp3) is 0.143. The monoisotopic (exact) mass is 278 g/mol. The lowest BCUT2D eigenvalue weighted by atomic mass is 10.0. The highest BCUT2D eigenvalue weighted by Crippen LogP contribution is 2.48. The first kappa shape index (κ1) is 12.0. The fourth-order valence-electron chi connectivity index (χ4n) is 2.23. The number of aryl methyl sites for hydroxylation is 1. The van der Waals surface area contributed by atoms with E-state index >= 15 is 0 Å². The van der Waals surface area contributed by atoms with Crippen molar-refractivity contribution in [1.82, 2.24) is 0 Å². The van der Waals surface area contributed by atoms with Crippen LogP contribution >= 0.6 is 11.6 Å². The maximum Gasteiger partial charge on any atom is 0.205 e. The van der Waals surface area contributed by atoms with Crippen LogP contribution in [-0.2, 0) is 12.8 Å². The quantitative estimate of drug-likeness (QED) is 0.646. The number of fused-ring (bicyclic) bond motifs is 2. The molecule has 1 aliphatic rings. The van der Waals surface area contributed by atoms with Crippen molar-refractivity contribution in [2.24, 2.45) is 0 Å². The Bertz CT molecular complexity index is 667. The van der Waals surface area contributed by atoms with Crippen molar-refractivity contribution in [2.45, 2.75) is 12.8 Å². The van der Waals surface area contributed by atoms with Gasteiger partial charge in [-0.3, -0.25) is 0 Å². The molecule has 0 fully saturated rings. The molecule has 0 radical (unpaired) electrons. The predicted octanol–water partition coefficient (Wildman–Crippen LogP) is 3.35. The van der Waals surface area contributed by atoms with Crippen LogP contribution in [-0.4, -0.2) is 15.3 Å². The first-order valence-electron chi connectivity index (χ1n) is 5.80. The summed E-state index contributed by atoms with van der Waals surface area (Å²) in [5.74, 6) is -0.688. The molecule has 0 aliphatic carbocycles. The predicted molar refractivity (Wildman–Crippen MR) is 70.4 cm³/mol. The molecule has 0 atom stereocenters. The van der Waals surface area contributed by atoms with E-state index in [9.17, 15) is 15.3 Å². The Morgan fingerprint density at radius 1 is 1.05 bits per heavy atom. The number of hydrogen-bond acceptors (Lipinski definition) is 4. The first-order chi connectivity index (χ1) is 9.08. The maximum absolute atomic E-state index is 9.88. The molecule has 0 saturated carbocycles. The van der Waals surface area contributed by atoms with Crippen molar-refractivity contribution in [2.75, 3.05) is 0 Å². The Balaban J connectivity index is 2.18. The number of aromatic hydroxyl groups is 3. The number of halogens is 1. The molecule has 3 rings (SSSR count). The molecule has 4 nitrogen and oxygen atoms in total. The van der Waals surface area contributed by atoms with E-state index in [1.807, 2.05) is 0 Å². The van der Waals surface area contributed by atoms with Crippen molar-refractivity contribution in [3.05, 3.63) is 40.4 Å². The standard InChI is InChI=1S/C14H11ClO4/c15-9-2-1-3-11-8(9)5-4-7-6-10(16)12(17)13(18)14(7)19-11/h1-3,6,16-18H,4-5H2. The molecule has 98 valence electrons. The highest BCUT2D eigenvalue weighted by atomic mass is 35.5. The van der Waals surface area contributed by atoms with Crippen molar-refractivity contribution < 1.29 is 20.1 Å². The molecule has 0 amide bonds. The van der Waals surface area contributed by atoms with Crippen LogP contribution in [0.3, 0.4) is 0 Å². The van der Waals surface area contributed by atoms with Crippen LogP contribution in [0.25, 0.3) is 0 Å². The molecule has 1 aliphatic heterocycles. The first-order valence-corrected chi connectivity index (χ1v) is 6.17. The van der Waals surface area contributed by atoms with E-state index in [4.69, 9.17) is 16.3 Å². The van der Waals surface area contributed by atoms with E-state index in [1.165, 1.54) is 6.07 Å². The van der Waals surface area contributed by atoms with Gasteiger partial charge in [-0.25, -0.2) is 0 Å². The van der Waals surface area contributed by atoms with Crippen molar-refractivity contribution in [3.63, 3.8) is 0 Å². The van der Waals surface area contributed by atoms with Gasteiger partial charge in [0.15, 0.2) is 11.5 Å². The third-order valence-electron chi connectivity index (χ3n) is 3.22. The van der Waals surface area contributed by atoms with Crippen LogP contribution in [0.4, 0.5) is 0 Å². The minimum Gasteiger partial charge on any atom is -0.504 e. The summed E-state index contributed by atoms with van der Waals surface area (Å²) in [6.07, 6.45) is 1.18. The lowest BCUT2D eigenvalue weighted by molar-refractivity contribution is 0.348. The Morgan fingerprint density at radius 2 is 1.84 bits per heavy atom. The summed E-state index contributed by atoms with van der Waals surface area (Å²) < 4.78 is 5.64. The summed E-state index contributed by atoms with van der Waals surface area (Å²) in [4.78, 5) is 0. The zero-order valence-corrected chi connectivity index (χ0v) is 10.6. The largest absolute Gasteiger partial charge is 0.504 e. The average Bonchev–Trinajstić information content (AvgIpc) is 2.57. The van der Waals surface area contributed by atoms with Gasteiger partial charge in [0.25, 0.3) is 0 Å². The highest BCUT2D eigenvalue weighted by molar-refractivity contribution is 6.31. The highest BCUT2D eigenvalue weighted by Gasteiger charge is 2.23. The Hall–Kier alpha value is -2.07. The third kappa shape index (κ3) is 1.85. The SMILES string of the molecule is Oc1cc2c(c(O)c1O)Oc1cccc(Cl)c1CC2. The van der Waals surface area contributed by atoms with Crippen LogP contribution in [0, 0.1) is 0 Å². The van der Waals surface area contributed by atoms with Crippen molar-refractivity contribution >= 4 is 11.6 Å². The number of benzene rings is 2.